The summed E-state index contributed by atoms with van der Waals surface area (Å²) in [4.78, 5) is 25.2. The van der Waals surface area contributed by atoms with Crippen molar-refractivity contribution in [2.75, 3.05) is 31.1 Å². The minimum Gasteiger partial charge on any atom is -0.504 e. The molecule has 1 N–H and O–H groups in total. The lowest BCUT2D eigenvalue weighted by molar-refractivity contribution is 0.0741. The second-order valence-electron chi connectivity index (χ2n) is 5.72. The van der Waals surface area contributed by atoms with Crippen molar-refractivity contribution in [1.82, 2.24) is 19.3 Å². The van der Waals surface area contributed by atoms with E-state index in [1.165, 1.54) is 0 Å². The first kappa shape index (κ1) is 14.5. The number of anilines is 1. The van der Waals surface area contributed by atoms with Gasteiger partial charge in [0.2, 0.25) is 0 Å². The van der Waals surface area contributed by atoms with Crippen molar-refractivity contribution >= 4 is 17.4 Å². The van der Waals surface area contributed by atoms with E-state index in [0.717, 1.165) is 18.9 Å². The Labute approximate surface area is 138 Å². The van der Waals surface area contributed by atoms with Crippen molar-refractivity contribution in [3.8, 4) is 5.75 Å². The molecule has 4 heterocycles. The van der Waals surface area contributed by atoms with Crippen LogP contribution in [-0.4, -0.2) is 56.5 Å². The molecule has 1 amide bonds. The van der Waals surface area contributed by atoms with Gasteiger partial charge in [-0.05, 0) is 24.3 Å². The topological polar surface area (TPSA) is 74.0 Å². The number of carbonyl (C=O) groups is 1. The highest BCUT2D eigenvalue weighted by Crippen LogP contribution is 2.19. The van der Waals surface area contributed by atoms with Crippen LogP contribution in [0.2, 0.25) is 0 Å². The molecule has 0 radical (unpaired) electrons. The van der Waals surface area contributed by atoms with Gasteiger partial charge in [-0.15, -0.1) is 0 Å². The van der Waals surface area contributed by atoms with Crippen LogP contribution in [0.1, 0.15) is 10.5 Å². The Morgan fingerprint density at radius 1 is 1.08 bits per heavy atom. The third kappa shape index (κ3) is 2.54. The van der Waals surface area contributed by atoms with Crippen LogP contribution in [-0.2, 0) is 0 Å². The molecular formula is C17H17N5O2. The number of hydrogen-bond acceptors (Lipinski definition) is 5. The number of aromatic nitrogens is 3. The molecule has 0 saturated carbocycles. The average molecular weight is 323 g/mol. The zero-order valence-corrected chi connectivity index (χ0v) is 13.0. The zero-order valence-electron chi connectivity index (χ0n) is 13.0. The molecule has 3 aromatic heterocycles. The standard InChI is InChI=1S/C17H17N5O2/c23-14-4-3-7-22-12-13(19-16(14)22)17(24)21-10-8-20(9-11-21)15-5-1-2-6-18-15/h1-7,12,23H,8-11H2. The Balaban J connectivity index is 1.48. The summed E-state index contributed by atoms with van der Waals surface area (Å²) in [6.45, 7) is 2.72. The van der Waals surface area contributed by atoms with Crippen molar-refractivity contribution in [2.45, 2.75) is 0 Å². The molecule has 1 fully saturated rings. The Kier molecular flexibility index (Phi) is 3.53. The van der Waals surface area contributed by atoms with Crippen LogP contribution >= 0.6 is 0 Å². The maximum absolute atomic E-state index is 12.7. The lowest BCUT2D eigenvalue weighted by Crippen LogP contribution is -2.49. The number of nitrogens with zero attached hydrogens (tertiary/aromatic N) is 5. The summed E-state index contributed by atoms with van der Waals surface area (Å²) in [7, 11) is 0. The lowest BCUT2D eigenvalue weighted by Gasteiger charge is -2.35. The van der Waals surface area contributed by atoms with E-state index in [4.69, 9.17) is 0 Å². The molecule has 7 nitrogen and oxygen atoms in total. The fourth-order valence-corrected chi connectivity index (χ4v) is 2.94. The van der Waals surface area contributed by atoms with Crippen LogP contribution in [0.4, 0.5) is 5.82 Å². The molecule has 3 aromatic rings. The monoisotopic (exact) mass is 323 g/mol. The molecule has 1 aliphatic heterocycles. The zero-order chi connectivity index (χ0) is 16.5. The van der Waals surface area contributed by atoms with E-state index in [0.29, 0.717) is 24.4 Å². The second kappa shape index (κ2) is 5.84. The number of hydrogen-bond donors (Lipinski definition) is 1. The van der Waals surface area contributed by atoms with Gasteiger partial charge in [-0.3, -0.25) is 4.79 Å². The minimum atomic E-state index is -0.112. The average Bonchev–Trinajstić information content (AvgIpc) is 3.08. The highest BCUT2D eigenvalue weighted by molar-refractivity contribution is 5.93. The van der Waals surface area contributed by atoms with Crippen molar-refractivity contribution < 1.29 is 9.90 Å². The fourth-order valence-electron chi connectivity index (χ4n) is 2.94. The number of imidazole rings is 1. The first-order valence-electron chi connectivity index (χ1n) is 7.84. The van der Waals surface area contributed by atoms with Crippen LogP contribution < -0.4 is 4.90 Å². The van der Waals surface area contributed by atoms with E-state index < -0.39 is 0 Å². The Hall–Kier alpha value is -3.09. The van der Waals surface area contributed by atoms with Gasteiger partial charge in [-0.25, -0.2) is 9.97 Å². The van der Waals surface area contributed by atoms with Gasteiger partial charge >= 0.3 is 0 Å². The number of pyridine rings is 2. The molecule has 7 heteroatoms. The number of rotatable bonds is 2. The summed E-state index contributed by atoms with van der Waals surface area (Å²) in [5.41, 5.74) is 0.746. The van der Waals surface area contributed by atoms with Crippen molar-refractivity contribution in [3.05, 3.63) is 54.6 Å². The van der Waals surface area contributed by atoms with E-state index in [9.17, 15) is 9.90 Å². The van der Waals surface area contributed by atoms with Gasteiger partial charge in [0.15, 0.2) is 11.4 Å². The summed E-state index contributed by atoms with van der Waals surface area (Å²) < 4.78 is 1.66. The van der Waals surface area contributed by atoms with E-state index in [-0.39, 0.29) is 11.7 Å². The van der Waals surface area contributed by atoms with Crippen LogP contribution in [0.3, 0.4) is 0 Å². The maximum atomic E-state index is 12.7. The predicted molar refractivity (Wildman–Crippen MR) is 89.2 cm³/mol. The molecular weight excluding hydrogens is 306 g/mol. The predicted octanol–water partition coefficient (Wildman–Crippen LogP) is 1.40. The first-order chi connectivity index (χ1) is 11.7. The minimum absolute atomic E-state index is 0.0662. The normalized spacial score (nSPS) is 15.0. The number of aromatic hydroxyl groups is 1. The SMILES string of the molecule is O=C(c1cn2cccc(O)c2n1)N1CCN(c2ccccn2)CC1. The van der Waals surface area contributed by atoms with Gasteiger partial charge in [0, 0.05) is 44.8 Å². The molecule has 1 saturated heterocycles. The van der Waals surface area contributed by atoms with Crippen LogP contribution in [0.25, 0.3) is 5.65 Å². The van der Waals surface area contributed by atoms with E-state index in [1.54, 1.807) is 40.0 Å². The highest BCUT2D eigenvalue weighted by atomic mass is 16.3. The second-order valence-corrected chi connectivity index (χ2v) is 5.72. The fraction of sp³-hybridized carbons (Fsp3) is 0.235. The summed E-state index contributed by atoms with van der Waals surface area (Å²) in [5, 5.41) is 9.82. The van der Waals surface area contributed by atoms with E-state index >= 15 is 0 Å². The Bertz CT molecular complexity index is 869. The van der Waals surface area contributed by atoms with E-state index in [2.05, 4.69) is 14.9 Å². The van der Waals surface area contributed by atoms with E-state index in [1.807, 2.05) is 18.2 Å². The molecule has 122 valence electrons. The largest absolute Gasteiger partial charge is 0.504 e. The molecule has 0 unspecified atom stereocenters. The number of amides is 1. The van der Waals surface area contributed by atoms with Gasteiger partial charge in [0.1, 0.15) is 11.5 Å². The maximum Gasteiger partial charge on any atom is 0.274 e. The van der Waals surface area contributed by atoms with Crippen LogP contribution in [0.5, 0.6) is 5.75 Å². The summed E-state index contributed by atoms with van der Waals surface area (Å²) in [6, 6.07) is 9.10. The molecule has 0 aromatic carbocycles. The summed E-state index contributed by atoms with van der Waals surface area (Å²) >= 11 is 0. The Morgan fingerprint density at radius 2 is 1.92 bits per heavy atom. The van der Waals surface area contributed by atoms with Crippen molar-refractivity contribution in [2.24, 2.45) is 0 Å². The summed E-state index contributed by atoms with van der Waals surface area (Å²) in [5.74, 6) is 0.887. The molecule has 0 spiro atoms. The van der Waals surface area contributed by atoms with Gasteiger partial charge in [0.25, 0.3) is 5.91 Å². The smallest absolute Gasteiger partial charge is 0.274 e. The lowest BCUT2D eigenvalue weighted by atomic mass is 10.2. The Morgan fingerprint density at radius 3 is 2.62 bits per heavy atom. The number of piperazine rings is 1. The van der Waals surface area contributed by atoms with Crippen LogP contribution in [0, 0.1) is 0 Å². The molecule has 0 atom stereocenters. The quantitative estimate of drug-likeness (QED) is 0.771. The highest BCUT2D eigenvalue weighted by Gasteiger charge is 2.24. The number of fused-ring (bicyclic) bond motifs is 1. The summed E-state index contributed by atoms with van der Waals surface area (Å²) in [6.07, 6.45) is 5.19. The van der Waals surface area contributed by atoms with Crippen molar-refractivity contribution in [1.29, 1.82) is 0 Å². The van der Waals surface area contributed by atoms with Crippen LogP contribution in [0.15, 0.2) is 48.9 Å². The third-order valence-electron chi connectivity index (χ3n) is 4.22. The molecule has 0 aliphatic carbocycles. The van der Waals surface area contributed by atoms with Gasteiger partial charge < -0.3 is 19.3 Å². The van der Waals surface area contributed by atoms with Gasteiger partial charge in [-0.2, -0.15) is 0 Å². The van der Waals surface area contributed by atoms with Crippen molar-refractivity contribution in [3.63, 3.8) is 0 Å². The molecule has 4 rings (SSSR count). The van der Waals surface area contributed by atoms with Gasteiger partial charge in [0.05, 0.1) is 0 Å². The molecule has 1 aliphatic rings. The first-order valence-corrected chi connectivity index (χ1v) is 7.84. The molecule has 24 heavy (non-hydrogen) atoms. The number of carbonyl (C=O) groups excluding carboxylic acids is 1. The van der Waals surface area contributed by atoms with Gasteiger partial charge in [-0.1, -0.05) is 6.07 Å². The third-order valence-corrected chi connectivity index (χ3v) is 4.22. The molecule has 0 bridgehead atoms.